The topological polar surface area (TPSA) is 20.3 Å². The van der Waals surface area contributed by atoms with E-state index < -0.39 is 19.6 Å². The van der Waals surface area contributed by atoms with E-state index in [1.807, 2.05) is 0 Å². The number of nitrogens with zero attached hydrogens (tertiary/aromatic N) is 1. The molecule has 1 fully saturated rings. The van der Waals surface area contributed by atoms with Gasteiger partial charge in [0.1, 0.15) is 0 Å². The van der Waals surface area contributed by atoms with Crippen LogP contribution in [0, 0.1) is 0 Å². The zero-order chi connectivity index (χ0) is 13.2. The van der Waals surface area contributed by atoms with Crippen molar-refractivity contribution in [1.29, 1.82) is 0 Å². The molecule has 1 rings (SSSR count). The number of rotatable bonds is 8. The molecule has 0 aromatic heterocycles. The summed E-state index contributed by atoms with van der Waals surface area (Å²) in [7, 11) is 0. The fourth-order valence-corrected chi connectivity index (χ4v) is 9.26. The molecular weight excluding hydrogens is 338 g/mol. The van der Waals surface area contributed by atoms with Crippen LogP contribution in [0.3, 0.4) is 0 Å². The number of carbonyl (C=O) groups is 1. The van der Waals surface area contributed by atoms with Crippen LogP contribution in [-0.2, 0) is 4.79 Å². The van der Waals surface area contributed by atoms with E-state index in [4.69, 9.17) is 0 Å². The average molecular weight is 368 g/mol. The first kappa shape index (κ1) is 16.3. The quantitative estimate of drug-likeness (QED) is 0.591. The van der Waals surface area contributed by atoms with Crippen molar-refractivity contribution < 1.29 is 4.79 Å². The fourth-order valence-electron chi connectivity index (χ4n) is 2.35. The molecular formula is C15H30NOTe+. The molecule has 0 atom stereocenters. The monoisotopic (exact) mass is 370 g/mol. The number of piperidine rings is 1. The summed E-state index contributed by atoms with van der Waals surface area (Å²) in [6.07, 6.45) is 9.07. The summed E-state index contributed by atoms with van der Waals surface area (Å²) in [5.41, 5.74) is 0. The summed E-state index contributed by atoms with van der Waals surface area (Å²) in [6, 6.07) is 0. The normalized spacial score (nSPS) is 16.3. The zero-order valence-electron chi connectivity index (χ0n) is 12.2. The van der Waals surface area contributed by atoms with E-state index in [2.05, 4.69) is 18.7 Å². The maximum absolute atomic E-state index is 12.3. The predicted molar refractivity (Wildman–Crippen MR) is 80.4 cm³/mol. The van der Waals surface area contributed by atoms with Crippen LogP contribution in [0.15, 0.2) is 0 Å². The SMILES string of the molecule is CCCC[Te+](CCCC)CC(=O)N1CCCCC1. The Morgan fingerprint density at radius 3 is 2.06 bits per heavy atom. The molecule has 1 saturated heterocycles. The first-order valence-corrected chi connectivity index (χ1v) is 12.6. The van der Waals surface area contributed by atoms with Gasteiger partial charge < -0.3 is 0 Å². The van der Waals surface area contributed by atoms with E-state index >= 15 is 0 Å². The second kappa shape index (κ2) is 10.1. The van der Waals surface area contributed by atoms with Crippen molar-refractivity contribution in [3.8, 4) is 0 Å². The Balaban J connectivity index is 2.34. The van der Waals surface area contributed by atoms with Gasteiger partial charge in [-0.25, -0.2) is 0 Å². The van der Waals surface area contributed by atoms with Crippen molar-refractivity contribution >= 4 is 25.5 Å². The van der Waals surface area contributed by atoms with Gasteiger partial charge in [-0.1, -0.05) is 0 Å². The van der Waals surface area contributed by atoms with Gasteiger partial charge >= 0.3 is 120 Å². The fraction of sp³-hybridized carbons (Fsp3) is 0.933. The molecule has 106 valence electrons. The third-order valence-corrected chi connectivity index (χ3v) is 10.4. The van der Waals surface area contributed by atoms with E-state index in [9.17, 15) is 4.79 Å². The van der Waals surface area contributed by atoms with Crippen LogP contribution < -0.4 is 0 Å². The molecule has 1 aliphatic rings. The second-order valence-electron chi connectivity index (χ2n) is 5.31. The minimum atomic E-state index is -1.11. The van der Waals surface area contributed by atoms with Crippen LogP contribution in [0.5, 0.6) is 0 Å². The molecule has 0 radical (unpaired) electrons. The van der Waals surface area contributed by atoms with Gasteiger partial charge in [-0.05, 0) is 0 Å². The average Bonchev–Trinajstić information content (AvgIpc) is 2.42. The summed E-state index contributed by atoms with van der Waals surface area (Å²) in [5.74, 6) is 0.499. The molecule has 1 aliphatic heterocycles. The third kappa shape index (κ3) is 6.43. The number of unbranched alkanes of at least 4 members (excludes halogenated alkanes) is 2. The van der Waals surface area contributed by atoms with Crippen molar-refractivity contribution in [3.63, 3.8) is 0 Å². The molecule has 2 nitrogen and oxygen atoms in total. The minimum absolute atomic E-state index is 0.499. The number of amides is 1. The van der Waals surface area contributed by atoms with Crippen LogP contribution in [-0.4, -0.2) is 43.4 Å². The van der Waals surface area contributed by atoms with Gasteiger partial charge in [-0.15, -0.1) is 0 Å². The van der Waals surface area contributed by atoms with Crippen LogP contribution in [0.1, 0.15) is 58.8 Å². The van der Waals surface area contributed by atoms with Gasteiger partial charge in [-0.2, -0.15) is 0 Å². The van der Waals surface area contributed by atoms with Gasteiger partial charge in [0.05, 0.1) is 0 Å². The van der Waals surface area contributed by atoms with Crippen LogP contribution in [0.2, 0.25) is 13.4 Å². The predicted octanol–water partition coefficient (Wildman–Crippen LogP) is 4.09. The second-order valence-corrected chi connectivity index (χ2v) is 12.0. The summed E-state index contributed by atoms with van der Waals surface area (Å²) in [5, 5.41) is 0. The van der Waals surface area contributed by atoms with Crippen molar-refractivity contribution in [2.75, 3.05) is 13.1 Å². The molecule has 18 heavy (non-hydrogen) atoms. The first-order valence-electron chi connectivity index (χ1n) is 7.69. The Labute approximate surface area is 120 Å². The summed E-state index contributed by atoms with van der Waals surface area (Å²) in [4.78, 5) is 14.5. The molecule has 0 bridgehead atoms. The Bertz CT molecular complexity index is 219. The molecule has 0 aromatic carbocycles. The Hall–Kier alpha value is 0.260. The molecule has 0 saturated carbocycles. The Morgan fingerprint density at radius 1 is 1.00 bits per heavy atom. The van der Waals surface area contributed by atoms with Crippen molar-refractivity contribution in [3.05, 3.63) is 0 Å². The summed E-state index contributed by atoms with van der Waals surface area (Å²) >= 11 is -1.11. The van der Waals surface area contributed by atoms with Crippen molar-refractivity contribution in [1.82, 2.24) is 4.90 Å². The van der Waals surface area contributed by atoms with Crippen LogP contribution in [0.4, 0.5) is 0 Å². The molecule has 0 aliphatic carbocycles. The number of hydrogen-bond acceptors (Lipinski definition) is 1. The van der Waals surface area contributed by atoms with E-state index in [0.29, 0.717) is 5.91 Å². The van der Waals surface area contributed by atoms with Gasteiger partial charge in [0.25, 0.3) is 0 Å². The molecule has 0 N–H and O–H groups in total. The molecule has 0 unspecified atom stereocenters. The molecule has 0 spiro atoms. The van der Waals surface area contributed by atoms with Gasteiger partial charge in [0.2, 0.25) is 0 Å². The standard InChI is InChI=1S/C15H30NOTe/c1-3-5-12-18(13-6-4-2)14-15(17)16-10-8-7-9-11-16/h3-14H2,1-2H3/q+1. The van der Waals surface area contributed by atoms with Gasteiger partial charge in [0.15, 0.2) is 0 Å². The Kier molecular flexibility index (Phi) is 9.15. The molecule has 3 heteroatoms. The van der Waals surface area contributed by atoms with Gasteiger partial charge in [-0.3, -0.25) is 0 Å². The number of hydrogen-bond donors (Lipinski definition) is 0. The third-order valence-electron chi connectivity index (χ3n) is 3.61. The summed E-state index contributed by atoms with van der Waals surface area (Å²) < 4.78 is 3.81. The van der Waals surface area contributed by atoms with Crippen LogP contribution >= 0.6 is 0 Å². The number of carbonyl (C=O) groups excluding carboxylic acids is 1. The molecule has 1 amide bonds. The van der Waals surface area contributed by atoms with Crippen LogP contribution in [0.25, 0.3) is 0 Å². The van der Waals surface area contributed by atoms with E-state index in [1.54, 1.807) is 0 Å². The van der Waals surface area contributed by atoms with E-state index in [-0.39, 0.29) is 0 Å². The first-order chi connectivity index (χ1) is 8.77. The molecule has 0 aromatic rings. The van der Waals surface area contributed by atoms with E-state index in [1.165, 1.54) is 53.9 Å². The maximum atomic E-state index is 12.3. The molecule has 1 heterocycles. The summed E-state index contributed by atoms with van der Waals surface area (Å²) in [6.45, 7) is 6.60. The zero-order valence-corrected chi connectivity index (χ0v) is 14.6. The van der Waals surface area contributed by atoms with Crippen molar-refractivity contribution in [2.45, 2.75) is 72.2 Å². The van der Waals surface area contributed by atoms with E-state index in [0.717, 1.165) is 17.6 Å². The van der Waals surface area contributed by atoms with Gasteiger partial charge in [0, 0.05) is 0 Å². The number of likely N-dealkylation sites (tertiary alicyclic amines) is 1. The Morgan fingerprint density at radius 2 is 1.56 bits per heavy atom. The van der Waals surface area contributed by atoms with Crippen molar-refractivity contribution in [2.24, 2.45) is 0 Å².